The number of nitrogens with zero attached hydrogens (tertiary/aromatic N) is 2. The van der Waals surface area contributed by atoms with E-state index in [-0.39, 0.29) is 18.1 Å². The fourth-order valence-electron chi connectivity index (χ4n) is 5.15. The van der Waals surface area contributed by atoms with E-state index in [1.54, 1.807) is 11.7 Å². The molecule has 0 saturated heterocycles. The minimum atomic E-state index is -1.03. The molecule has 0 aliphatic heterocycles. The highest BCUT2D eigenvalue weighted by Gasteiger charge is 2.36. The lowest BCUT2D eigenvalue weighted by atomic mass is 9.85. The lowest BCUT2D eigenvalue weighted by Crippen LogP contribution is -2.55. The highest BCUT2D eigenvalue weighted by Crippen LogP contribution is 2.34. The Bertz CT molecular complexity index is 743. The van der Waals surface area contributed by atoms with Gasteiger partial charge in [0.1, 0.15) is 0 Å². The van der Waals surface area contributed by atoms with Crippen LogP contribution in [0.4, 0.5) is 4.79 Å². The molecule has 0 spiro atoms. The van der Waals surface area contributed by atoms with Crippen molar-refractivity contribution < 1.29 is 19.4 Å². The minimum Gasteiger partial charge on any atom is -0.479 e. The zero-order chi connectivity index (χ0) is 23.0. The van der Waals surface area contributed by atoms with Gasteiger partial charge in [0.15, 0.2) is 5.37 Å². The summed E-state index contributed by atoms with van der Waals surface area (Å²) in [5.41, 5.74) is 1.67. The van der Waals surface area contributed by atoms with Gasteiger partial charge in [0.25, 0.3) is 0 Å². The first-order chi connectivity index (χ1) is 16.1. The van der Waals surface area contributed by atoms with Gasteiger partial charge in [0.05, 0.1) is 15.9 Å². The number of carboxylic acids is 1. The molecule has 1 aromatic heterocycles. The molecule has 0 aromatic carbocycles. The normalized spacial score (nSPS) is 25.2. The Labute approximate surface area is 205 Å². The Morgan fingerprint density at radius 1 is 1.03 bits per heavy atom. The van der Waals surface area contributed by atoms with Crippen molar-refractivity contribution in [3.63, 3.8) is 0 Å². The number of hydrogen-bond donors (Lipinski definition) is 2. The van der Waals surface area contributed by atoms with E-state index in [2.05, 4.69) is 10.3 Å². The van der Waals surface area contributed by atoms with Crippen LogP contribution in [0.1, 0.15) is 77.0 Å². The molecule has 4 rings (SSSR count). The summed E-state index contributed by atoms with van der Waals surface area (Å²) >= 11 is 2.53. The molecule has 3 saturated carbocycles. The summed E-state index contributed by atoms with van der Waals surface area (Å²) in [7, 11) is 0. The van der Waals surface area contributed by atoms with Crippen molar-refractivity contribution in [3.8, 4) is 0 Å². The number of amides is 2. The monoisotopic (exact) mass is 495 g/mol. The van der Waals surface area contributed by atoms with Crippen LogP contribution in [-0.4, -0.2) is 57.7 Å². The molecule has 2 N–H and O–H groups in total. The van der Waals surface area contributed by atoms with Crippen LogP contribution < -0.4 is 5.32 Å². The number of thioether (sulfide) groups is 1. The quantitative estimate of drug-likeness (QED) is 0.258. The summed E-state index contributed by atoms with van der Waals surface area (Å²) in [5.74, 6) is 0.340. The molecule has 1 atom stereocenters. The van der Waals surface area contributed by atoms with Gasteiger partial charge >= 0.3 is 12.0 Å². The van der Waals surface area contributed by atoms with Gasteiger partial charge in [-0.1, -0.05) is 37.4 Å². The fraction of sp³-hybridized carbons (Fsp3) is 0.792. The van der Waals surface area contributed by atoms with Crippen LogP contribution in [-0.2, 0) is 9.53 Å². The molecular formula is C24H37N3O4S2. The van der Waals surface area contributed by atoms with Crippen molar-refractivity contribution in [1.82, 2.24) is 15.2 Å². The lowest BCUT2D eigenvalue weighted by Gasteiger charge is -2.41. The predicted octanol–water partition coefficient (Wildman–Crippen LogP) is 5.37. The lowest BCUT2D eigenvalue weighted by molar-refractivity contribution is -0.136. The second-order valence-corrected chi connectivity index (χ2v) is 12.1. The van der Waals surface area contributed by atoms with E-state index in [1.807, 2.05) is 4.90 Å². The summed E-state index contributed by atoms with van der Waals surface area (Å²) < 4.78 is 6.72. The zero-order valence-electron chi connectivity index (χ0n) is 19.3. The molecule has 2 amide bonds. The van der Waals surface area contributed by atoms with E-state index in [1.165, 1.54) is 37.0 Å². The second-order valence-electron chi connectivity index (χ2n) is 9.81. The van der Waals surface area contributed by atoms with E-state index in [4.69, 9.17) is 4.74 Å². The Morgan fingerprint density at radius 2 is 1.64 bits per heavy atom. The molecule has 3 fully saturated rings. The van der Waals surface area contributed by atoms with E-state index >= 15 is 0 Å². The summed E-state index contributed by atoms with van der Waals surface area (Å²) in [6.45, 7) is 1.75. The van der Waals surface area contributed by atoms with E-state index in [9.17, 15) is 14.7 Å². The van der Waals surface area contributed by atoms with Crippen LogP contribution >= 0.6 is 23.1 Å². The van der Waals surface area contributed by atoms with Crippen molar-refractivity contribution in [1.29, 1.82) is 0 Å². The summed E-state index contributed by atoms with van der Waals surface area (Å²) in [6.07, 6.45) is 15.1. The first-order valence-corrected chi connectivity index (χ1v) is 14.3. The Kier molecular flexibility index (Phi) is 9.32. The number of carbonyl (C=O) groups is 2. The fourth-order valence-corrected chi connectivity index (χ4v) is 6.75. The maximum Gasteiger partial charge on any atom is 0.337 e. The number of hydrogen-bond acceptors (Lipinski definition) is 6. The molecule has 1 heterocycles. The van der Waals surface area contributed by atoms with E-state index < -0.39 is 11.3 Å². The molecule has 7 nitrogen and oxygen atoms in total. The number of ether oxygens (including phenoxy) is 1. The number of nitrogens with one attached hydrogen (secondary N) is 1. The average Bonchev–Trinajstić information content (AvgIpc) is 3.55. The molecule has 0 bridgehead atoms. The van der Waals surface area contributed by atoms with Crippen LogP contribution in [0, 0.1) is 11.8 Å². The molecule has 1 aromatic rings. The molecule has 1 unspecified atom stereocenters. The Hall–Kier alpha value is -1.32. The molecule has 184 valence electrons. The number of rotatable bonds is 10. The Morgan fingerprint density at radius 3 is 2.18 bits per heavy atom. The molecular weight excluding hydrogens is 458 g/mol. The number of carboxylic acid groups (broad SMARTS) is 1. The molecule has 33 heavy (non-hydrogen) atoms. The predicted molar refractivity (Wildman–Crippen MR) is 131 cm³/mol. The van der Waals surface area contributed by atoms with E-state index in [0.717, 1.165) is 86.5 Å². The van der Waals surface area contributed by atoms with Gasteiger partial charge < -0.3 is 20.1 Å². The first-order valence-electron chi connectivity index (χ1n) is 12.5. The topological polar surface area (TPSA) is 91.8 Å². The smallest absolute Gasteiger partial charge is 0.337 e. The number of urea groups is 1. The highest BCUT2D eigenvalue weighted by molar-refractivity contribution is 8.02. The number of aliphatic carboxylic acids is 1. The van der Waals surface area contributed by atoms with Crippen molar-refractivity contribution in [3.05, 3.63) is 11.7 Å². The summed E-state index contributed by atoms with van der Waals surface area (Å²) in [6, 6.07) is 0.151. The largest absolute Gasteiger partial charge is 0.479 e. The first kappa shape index (κ1) is 24.8. The summed E-state index contributed by atoms with van der Waals surface area (Å²) in [5, 5.41) is 11.6. The van der Waals surface area contributed by atoms with Gasteiger partial charge in [-0.05, 0) is 63.2 Å². The second kappa shape index (κ2) is 12.4. The van der Waals surface area contributed by atoms with Crippen LogP contribution in [0.15, 0.2) is 15.9 Å². The van der Waals surface area contributed by atoms with Crippen molar-refractivity contribution in [2.75, 3.05) is 13.2 Å². The Balaban J connectivity index is 1.38. The van der Waals surface area contributed by atoms with Gasteiger partial charge in [0, 0.05) is 25.3 Å². The number of thiazole rings is 1. The highest BCUT2D eigenvalue weighted by atomic mass is 32.2. The number of carbonyl (C=O) groups excluding carboxylic acids is 1. The number of aromatic nitrogens is 1. The third-order valence-corrected chi connectivity index (χ3v) is 9.22. The van der Waals surface area contributed by atoms with Crippen LogP contribution in [0.2, 0.25) is 0 Å². The maximum atomic E-state index is 13.5. The van der Waals surface area contributed by atoms with Gasteiger partial charge in [-0.3, -0.25) is 4.98 Å². The SMILES string of the molecule is O=C(O)C(NC(=O)N(C1CCCCCC1)C1CCC(COCC2CC2)CC1)Sc1cncs1. The standard InChI is InChI=1S/C24H37N3O4S2/c28-23(29)22(33-21-13-25-16-32-21)26-24(30)27(19-5-3-1-2-4-6-19)20-11-9-18(10-12-20)15-31-14-17-7-8-17/h13,16-20,22H,1-12,14-15H2,(H,26,30)(H,28,29). The van der Waals surface area contributed by atoms with Crippen molar-refractivity contribution in [2.24, 2.45) is 11.8 Å². The molecule has 3 aliphatic carbocycles. The minimum absolute atomic E-state index is 0.177. The van der Waals surface area contributed by atoms with Gasteiger partial charge in [0.2, 0.25) is 0 Å². The third-order valence-electron chi connectivity index (χ3n) is 7.19. The van der Waals surface area contributed by atoms with E-state index in [0.29, 0.717) is 5.92 Å². The van der Waals surface area contributed by atoms with Gasteiger partial charge in [-0.25, -0.2) is 9.59 Å². The molecule has 9 heteroatoms. The average molecular weight is 496 g/mol. The van der Waals surface area contributed by atoms with Crippen molar-refractivity contribution >= 4 is 35.1 Å². The van der Waals surface area contributed by atoms with Crippen LogP contribution in [0.5, 0.6) is 0 Å². The third kappa shape index (κ3) is 7.59. The zero-order valence-corrected chi connectivity index (χ0v) is 21.0. The molecule has 3 aliphatic rings. The van der Waals surface area contributed by atoms with Crippen LogP contribution in [0.25, 0.3) is 0 Å². The molecule has 0 radical (unpaired) electrons. The maximum absolute atomic E-state index is 13.5. The van der Waals surface area contributed by atoms with Crippen LogP contribution in [0.3, 0.4) is 0 Å². The van der Waals surface area contributed by atoms with Gasteiger partial charge in [-0.15, -0.1) is 11.3 Å². The van der Waals surface area contributed by atoms with Crippen molar-refractivity contribution in [2.45, 2.75) is 98.7 Å². The van der Waals surface area contributed by atoms with Gasteiger partial charge in [-0.2, -0.15) is 0 Å². The summed E-state index contributed by atoms with van der Waals surface area (Å²) in [4.78, 5) is 31.5.